The van der Waals surface area contributed by atoms with Gasteiger partial charge in [-0.25, -0.2) is 0 Å². The Morgan fingerprint density at radius 3 is 2.25 bits per heavy atom. The molecule has 8 heavy (non-hydrogen) atoms. The summed E-state index contributed by atoms with van der Waals surface area (Å²) in [5.74, 6) is -1.09. The molecule has 0 heterocycles. The van der Waals surface area contributed by atoms with E-state index in [1.54, 1.807) is 6.92 Å². The minimum atomic E-state index is -1.09. The Kier molecular flexibility index (Phi) is 9.14. The third-order valence-corrected chi connectivity index (χ3v) is 0.489. The van der Waals surface area contributed by atoms with Gasteiger partial charge in [0.2, 0.25) is 0 Å². The molecule has 3 nitrogen and oxygen atoms in total. The van der Waals surface area contributed by atoms with Crippen molar-refractivity contribution in [1.82, 2.24) is 0 Å². The fourth-order valence-corrected chi connectivity index (χ4v) is 0.263. The first-order valence-electron chi connectivity index (χ1n) is 2.08. The zero-order chi connectivity index (χ0) is 5.86. The Morgan fingerprint density at radius 2 is 2.25 bits per heavy atom. The van der Waals surface area contributed by atoms with Crippen molar-refractivity contribution >= 4 is 5.97 Å². The molecule has 0 aliphatic rings. The van der Waals surface area contributed by atoms with Crippen LogP contribution in [0.15, 0.2) is 0 Å². The maximum absolute atomic E-state index is 9.62. The predicted octanol–water partition coefficient (Wildman–Crippen LogP) is -4.52. The molecule has 0 aromatic heterocycles. The van der Waals surface area contributed by atoms with Crippen LogP contribution in [0.3, 0.4) is 0 Å². The van der Waals surface area contributed by atoms with Gasteiger partial charge >= 0.3 is 51.4 Å². The van der Waals surface area contributed by atoms with Gasteiger partial charge in [0.25, 0.3) is 0 Å². The molecule has 0 fully saturated rings. The molecule has 0 saturated carbocycles. The van der Waals surface area contributed by atoms with Gasteiger partial charge in [0, 0.05) is 18.4 Å². The van der Waals surface area contributed by atoms with Gasteiger partial charge in [-0.15, -0.1) is 0 Å². The summed E-state index contributed by atoms with van der Waals surface area (Å²) in [5.41, 5.74) is 5.07. The second kappa shape index (κ2) is 6.19. The zero-order valence-corrected chi connectivity index (χ0v) is 8.30. The minimum absolute atomic E-state index is 0. The molecule has 0 aromatic carbocycles. The van der Waals surface area contributed by atoms with Crippen LogP contribution in [0.5, 0.6) is 0 Å². The average Bonchev–Trinajstić information content (AvgIpc) is 1.27. The molecule has 1 unspecified atom stereocenters. The number of rotatable bonds is 2. The third-order valence-electron chi connectivity index (χ3n) is 0.489. The largest absolute Gasteiger partial charge is 1.00 e. The van der Waals surface area contributed by atoms with Crippen molar-refractivity contribution in [2.24, 2.45) is 5.73 Å². The van der Waals surface area contributed by atoms with E-state index in [1.165, 1.54) is 0 Å². The Hall–Kier alpha value is 1.07. The van der Waals surface area contributed by atoms with Crippen molar-refractivity contribution in [3.05, 3.63) is 0 Å². The minimum Gasteiger partial charge on any atom is -0.550 e. The quantitative estimate of drug-likeness (QED) is 0.394. The molecular weight excluding hydrogens is 133 g/mol. The first-order valence-corrected chi connectivity index (χ1v) is 2.08. The molecule has 0 aromatic rings. The Balaban J connectivity index is 0. The molecule has 0 radical (unpaired) electrons. The van der Waals surface area contributed by atoms with Crippen LogP contribution in [0, 0.1) is 0 Å². The molecular formula is C4H8KNO2. The molecule has 42 valence electrons. The Bertz CT molecular complexity index is 74.4. The fraction of sp³-hybridized carbons (Fsp3) is 0.750. The molecule has 4 heteroatoms. The van der Waals surface area contributed by atoms with Crippen molar-refractivity contribution in [2.75, 3.05) is 0 Å². The molecule has 2 N–H and O–H groups in total. The monoisotopic (exact) mass is 141 g/mol. The summed E-state index contributed by atoms with van der Waals surface area (Å²) in [4.78, 5) is 9.62. The van der Waals surface area contributed by atoms with Gasteiger partial charge in [-0.05, 0) is 6.92 Å². The standard InChI is InChI=1S/C4H9NO2.K/c1-3(5)2-4(6)7;/h3H,2,5H2,1H3,(H,6,7);/q;+1/p-1. The first kappa shape index (κ1) is 11.8. The van der Waals surface area contributed by atoms with Crippen molar-refractivity contribution < 1.29 is 61.3 Å². The van der Waals surface area contributed by atoms with Gasteiger partial charge < -0.3 is 15.6 Å². The number of carbonyl (C=O) groups is 1. The molecule has 0 aliphatic heterocycles. The van der Waals surface area contributed by atoms with Crippen LogP contribution in [0.25, 0.3) is 0 Å². The SMILES string of the molecule is CC(N)CC(=O)[O-].[K+]. The Morgan fingerprint density at radius 1 is 1.88 bits per heavy atom. The van der Waals surface area contributed by atoms with E-state index < -0.39 is 5.97 Å². The summed E-state index contributed by atoms with van der Waals surface area (Å²) in [7, 11) is 0. The molecule has 0 amide bonds. The smallest absolute Gasteiger partial charge is 0.550 e. The van der Waals surface area contributed by atoms with E-state index in [0.29, 0.717) is 0 Å². The molecule has 0 spiro atoms. The van der Waals surface area contributed by atoms with E-state index in [9.17, 15) is 9.90 Å². The number of carboxylic acids is 1. The van der Waals surface area contributed by atoms with E-state index in [1.807, 2.05) is 0 Å². The van der Waals surface area contributed by atoms with E-state index in [2.05, 4.69) is 0 Å². The van der Waals surface area contributed by atoms with Gasteiger partial charge in [0.05, 0.1) is 0 Å². The first-order chi connectivity index (χ1) is 3.13. The van der Waals surface area contributed by atoms with Crippen molar-refractivity contribution in [2.45, 2.75) is 19.4 Å². The van der Waals surface area contributed by atoms with Gasteiger partial charge in [0.1, 0.15) is 0 Å². The number of carbonyl (C=O) groups excluding carboxylic acids is 1. The maximum Gasteiger partial charge on any atom is 1.00 e. The fourth-order valence-electron chi connectivity index (χ4n) is 0.263. The van der Waals surface area contributed by atoms with Crippen molar-refractivity contribution in [1.29, 1.82) is 0 Å². The predicted molar refractivity (Wildman–Crippen MR) is 23.3 cm³/mol. The van der Waals surface area contributed by atoms with Gasteiger partial charge in [-0.1, -0.05) is 0 Å². The van der Waals surface area contributed by atoms with Gasteiger partial charge in [-0.2, -0.15) is 0 Å². The van der Waals surface area contributed by atoms with Crippen LogP contribution >= 0.6 is 0 Å². The van der Waals surface area contributed by atoms with Crippen molar-refractivity contribution in [3.63, 3.8) is 0 Å². The Labute approximate surface area is 91.1 Å². The van der Waals surface area contributed by atoms with Crippen LogP contribution in [0.1, 0.15) is 13.3 Å². The topological polar surface area (TPSA) is 66.2 Å². The average molecular weight is 141 g/mol. The second-order valence-electron chi connectivity index (χ2n) is 1.55. The normalized spacial score (nSPS) is 11.8. The van der Waals surface area contributed by atoms with Crippen LogP contribution in [0.2, 0.25) is 0 Å². The van der Waals surface area contributed by atoms with Crippen molar-refractivity contribution in [3.8, 4) is 0 Å². The summed E-state index contributed by atoms with van der Waals surface area (Å²) in [5, 5.41) is 9.62. The van der Waals surface area contributed by atoms with Gasteiger partial charge in [0.15, 0.2) is 0 Å². The van der Waals surface area contributed by atoms with E-state index >= 15 is 0 Å². The van der Waals surface area contributed by atoms with Crippen LogP contribution in [0.4, 0.5) is 0 Å². The number of hydrogen-bond acceptors (Lipinski definition) is 3. The third kappa shape index (κ3) is 10.1. The van der Waals surface area contributed by atoms with Gasteiger partial charge in [-0.3, -0.25) is 0 Å². The summed E-state index contributed by atoms with van der Waals surface area (Å²) < 4.78 is 0. The summed E-state index contributed by atoms with van der Waals surface area (Å²) in [6.07, 6.45) is -0.0556. The summed E-state index contributed by atoms with van der Waals surface area (Å²) >= 11 is 0. The molecule has 0 aliphatic carbocycles. The zero-order valence-electron chi connectivity index (χ0n) is 5.18. The van der Waals surface area contributed by atoms with E-state index in [0.717, 1.165) is 0 Å². The number of nitrogens with two attached hydrogens (primary N) is 1. The van der Waals surface area contributed by atoms with Crippen LogP contribution in [-0.2, 0) is 4.79 Å². The van der Waals surface area contributed by atoms with Crippen LogP contribution in [-0.4, -0.2) is 12.0 Å². The number of hydrogen-bond donors (Lipinski definition) is 1. The molecule has 0 saturated heterocycles. The summed E-state index contributed by atoms with van der Waals surface area (Å²) in [6, 6.07) is -0.287. The second-order valence-corrected chi connectivity index (χ2v) is 1.55. The number of aliphatic carboxylic acids is 1. The molecule has 1 atom stereocenters. The van der Waals surface area contributed by atoms with E-state index in [4.69, 9.17) is 5.73 Å². The maximum atomic E-state index is 9.62. The summed E-state index contributed by atoms with van der Waals surface area (Å²) in [6.45, 7) is 1.62. The van der Waals surface area contributed by atoms with Crippen LogP contribution < -0.4 is 62.2 Å². The molecule has 0 rings (SSSR count). The molecule has 0 bridgehead atoms. The van der Waals surface area contributed by atoms with E-state index in [-0.39, 0.29) is 63.8 Å². The number of carboxylic acid groups (broad SMARTS) is 1.